The minimum absolute atomic E-state index is 0.0649. The summed E-state index contributed by atoms with van der Waals surface area (Å²) < 4.78 is 1.48. The van der Waals surface area contributed by atoms with E-state index >= 15 is 0 Å². The molecule has 0 atom stereocenters. The van der Waals surface area contributed by atoms with Crippen molar-refractivity contribution in [2.45, 2.75) is 45.1 Å². The Labute approximate surface area is 107 Å². The largest absolute Gasteiger partial charge is 0.360 e. The van der Waals surface area contributed by atoms with E-state index in [0.29, 0.717) is 11.9 Å². The number of nitrogens with zero attached hydrogens (tertiary/aromatic N) is 3. The molecule has 0 bridgehead atoms. The topological polar surface area (TPSA) is 73.0 Å². The van der Waals surface area contributed by atoms with Gasteiger partial charge < -0.3 is 5.32 Å². The summed E-state index contributed by atoms with van der Waals surface area (Å²) in [7, 11) is 1.70. The maximum absolute atomic E-state index is 10.9. The van der Waals surface area contributed by atoms with Gasteiger partial charge in [-0.2, -0.15) is 0 Å². The van der Waals surface area contributed by atoms with Gasteiger partial charge in [0.1, 0.15) is 6.20 Å². The lowest BCUT2D eigenvalue weighted by atomic mass is 9.84. The molecule has 1 heterocycles. The molecular formula is C12H20N4O2. The Kier molecular flexibility index (Phi) is 3.84. The van der Waals surface area contributed by atoms with Gasteiger partial charge in [-0.15, -0.1) is 5.10 Å². The molecule has 6 heteroatoms. The molecule has 1 aromatic heterocycles. The second-order valence-corrected chi connectivity index (χ2v) is 5.06. The van der Waals surface area contributed by atoms with Gasteiger partial charge in [-0.25, -0.2) is 0 Å². The molecule has 100 valence electrons. The minimum atomic E-state index is -0.382. The first-order valence-corrected chi connectivity index (χ1v) is 6.54. The molecule has 0 aliphatic heterocycles. The number of aromatic nitrogens is 2. The van der Waals surface area contributed by atoms with E-state index < -0.39 is 0 Å². The first-order valence-electron chi connectivity index (χ1n) is 6.54. The molecule has 0 spiro atoms. The summed E-state index contributed by atoms with van der Waals surface area (Å²) in [5.41, 5.74) is 0.0649. The van der Waals surface area contributed by atoms with E-state index in [1.54, 1.807) is 7.05 Å². The van der Waals surface area contributed by atoms with Crippen molar-refractivity contribution in [2.75, 3.05) is 5.32 Å². The van der Waals surface area contributed by atoms with Crippen LogP contribution in [0.15, 0.2) is 6.20 Å². The Morgan fingerprint density at radius 1 is 1.50 bits per heavy atom. The fourth-order valence-electron chi connectivity index (χ4n) is 2.62. The summed E-state index contributed by atoms with van der Waals surface area (Å²) in [5.74, 6) is 1.23. The van der Waals surface area contributed by atoms with Gasteiger partial charge in [-0.1, -0.05) is 13.3 Å². The monoisotopic (exact) mass is 252 g/mol. The van der Waals surface area contributed by atoms with Crippen LogP contribution in [0.4, 0.5) is 11.5 Å². The van der Waals surface area contributed by atoms with Crippen molar-refractivity contribution in [2.24, 2.45) is 13.0 Å². The number of anilines is 1. The molecule has 0 unspecified atom stereocenters. The third kappa shape index (κ3) is 2.80. The average molecular weight is 252 g/mol. The highest BCUT2D eigenvalue weighted by Crippen LogP contribution is 2.30. The SMILES string of the molecule is CCC1CCC(Nc2nn(C)cc2[N+](=O)[O-])CC1. The standard InChI is InChI=1S/C12H20N4O2/c1-3-9-4-6-10(7-5-9)13-12-11(16(17)18)8-15(2)14-12/h8-10H,3-7H2,1-2H3,(H,13,14). The van der Waals surface area contributed by atoms with Crippen LogP contribution in [0.2, 0.25) is 0 Å². The Morgan fingerprint density at radius 2 is 2.17 bits per heavy atom. The number of hydrogen-bond donors (Lipinski definition) is 1. The predicted molar refractivity (Wildman–Crippen MR) is 69.5 cm³/mol. The highest BCUT2D eigenvalue weighted by Gasteiger charge is 2.24. The second-order valence-electron chi connectivity index (χ2n) is 5.06. The first kappa shape index (κ1) is 12.9. The first-order chi connectivity index (χ1) is 8.60. The average Bonchev–Trinajstić information content (AvgIpc) is 2.71. The summed E-state index contributed by atoms with van der Waals surface area (Å²) in [6.07, 6.45) is 7.23. The molecule has 0 radical (unpaired) electrons. The molecule has 1 N–H and O–H groups in total. The summed E-state index contributed by atoms with van der Waals surface area (Å²) >= 11 is 0. The highest BCUT2D eigenvalue weighted by atomic mass is 16.6. The smallest absolute Gasteiger partial charge is 0.330 e. The van der Waals surface area contributed by atoms with E-state index in [0.717, 1.165) is 18.8 Å². The van der Waals surface area contributed by atoms with Crippen molar-refractivity contribution in [1.29, 1.82) is 0 Å². The van der Waals surface area contributed by atoms with Gasteiger partial charge in [0, 0.05) is 13.1 Å². The Morgan fingerprint density at radius 3 is 2.72 bits per heavy atom. The zero-order chi connectivity index (χ0) is 13.1. The zero-order valence-corrected chi connectivity index (χ0v) is 10.9. The number of aryl methyl sites for hydroxylation is 1. The predicted octanol–water partition coefficient (Wildman–Crippen LogP) is 2.71. The van der Waals surface area contributed by atoms with Crippen molar-refractivity contribution in [1.82, 2.24) is 9.78 Å². The molecule has 6 nitrogen and oxygen atoms in total. The molecule has 1 aliphatic carbocycles. The molecule has 1 aliphatic rings. The molecule has 0 saturated heterocycles. The molecule has 18 heavy (non-hydrogen) atoms. The van der Waals surface area contributed by atoms with Crippen LogP contribution in [0.5, 0.6) is 0 Å². The van der Waals surface area contributed by atoms with E-state index in [1.807, 2.05) is 0 Å². The van der Waals surface area contributed by atoms with E-state index in [9.17, 15) is 10.1 Å². The summed E-state index contributed by atoms with van der Waals surface area (Å²) in [5, 5.41) is 18.2. The summed E-state index contributed by atoms with van der Waals surface area (Å²) in [6.45, 7) is 2.22. The van der Waals surface area contributed by atoms with Crippen LogP contribution in [0.25, 0.3) is 0 Å². The van der Waals surface area contributed by atoms with Crippen LogP contribution >= 0.6 is 0 Å². The zero-order valence-electron chi connectivity index (χ0n) is 10.9. The van der Waals surface area contributed by atoms with Gasteiger partial charge in [-0.3, -0.25) is 14.8 Å². The normalized spacial score (nSPS) is 23.9. The maximum atomic E-state index is 10.9. The fourth-order valence-corrected chi connectivity index (χ4v) is 2.62. The van der Waals surface area contributed by atoms with Gasteiger partial charge in [-0.05, 0) is 31.6 Å². The van der Waals surface area contributed by atoms with Crippen LogP contribution < -0.4 is 5.32 Å². The summed E-state index contributed by atoms with van der Waals surface area (Å²) in [6, 6.07) is 0.321. The van der Waals surface area contributed by atoms with Crippen molar-refractivity contribution in [3.05, 3.63) is 16.3 Å². The van der Waals surface area contributed by atoms with Crippen molar-refractivity contribution in [3.63, 3.8) is 0 Å². The molecule has 2 rings (SSSR count). The molecule has 0 aromatic carbocycles. The third-order valence-corrected chi connectivity index (χ3v) is 3.77. The Balaban J connectivity index is 2.00. The van der Waals surface area contributed by atoms with Crippen LogP contribution in [0.3, 0.4) is 0 Å². The Hall–Kier alpha value is -1.59. The minimum Gasteiger partial charge on any atom is -0.360 e. The second kappa shape index (κ2) is 5.37. The maximum Gasteiger partial charge on any atom is 0.330 e. The number of rotatable bonds is 4. The lowest BCUT2D eigenvalue weighted by molar-refractivity contribution is -0.384. The lowest BCUT2D eigenvalue weighted by Gasteiger charge is -2.28. The van der Waals surface area contributed by atoms with Crippen molar-refractivity contribution >= 4 is 11.5 Å². The van der Waals surface area contributed by atoms with Crippen LogP contribution in [0.1, 0.15) is 39.0 Å². The van der Waals surface area contributed by atoms with E-state index in [1.165, 1.54) is 30.1 Å². The van der Waals surface area contributed by atoms with Crippen molar-refractivity contribution < 1.29 is 4.92 Å². The van der Waals surface area contributed by atoms with E-state index in [2.05, 4.69) is 17.3 Å². The lowest BCUT2D eigenvalue weighted by Crippen LogP contribution is -2.26. The van der Waals surface area contributed by atoms with E-state index in [4.69, 9.17) is 0 Å². The van der Waals surface area contributed by atoms with E-state index in [-0.39, 0.29) is 10.6 Å². The number of nitrogens with one attached hydrogen (secondary N) is 1. The van der Waals surface area contributed by atoms with Crippen LogP contribution in [0, 0.1) is 16.0 Å². The van der Waals surface area contributed by atoms with Crippen molar-refractivity contribution in [3.8, 4) is 0 Å². The van der Waals surface area contributed by atoms with Gasteiger partial charge in [0.2, 0.25) is 5.82 Å². The molecule has 0 amide bonds. The fraction of sp³-hybridized carbons (Fsp3) is 0.750. The number of hydrogen-bond acceptors (Lipinski definition) is 4. The van der Waals surface area contributed by atoms with Crippen LogP contribution in [-0.2, 0) is 7.05 Å². The highest BCUT2D eigenvalue weighted by molar-refractivity contribution is 5.55. The third-order valence-electron chi connectivity index (χ3n) is 3.77. The molecular weight excluding hydrogens is 232 g/mol. The van der Waals surface area contributed by atoms with Gasteiger partial charge in [0.05, 0.1) is 4.92 Å². The molecule has 1 fully saturated rings. The van der Waals surface area contributed by atoms with Gasteiger partial charge >= 0.3 is 5.69 Å². The van der Waals surface area contributed by atoms with Crippen LogP contribution in [-0.4, -0.2) is 20.7 Å². The molecule has 1 aromatic rings. The van der Waals surface area contributed by atoms with Gasteiger partial charge in [0.15, 0.2) is 0 Å². The number of nitro groups is 1. The Bertz CT molecular complexity index is 422. The van der Waals surface area contributed by atoms with Gasteiger partial charge in [0.25, 0.3) is 0 Å². The quantitative estimate of drug-likeness (QED) is 0.660. The molecule has 1 saturated carbocycles. The summed E-state index contributed by atoms with van der Waals surface area (Å²) in [4.78, 5) is 10.5.